The number of allylic oxidation sites excluding steroid dienone is 1. The second kappa shape index (κ2) is 6.49. The highest BCUT2D eigenvalue weighted by atomic mass is 19.1. The molecule has 1 aliphatic carbocycles. The average molecular weight is 415 g/mol. The van der Waals surface area contributed by atoms with E-state index in [1.54, 1.807) is 12.1 Å². The Bertz CT molecular complexity index is 1350. The molecule has 0 saturated carbocycles. The molecule has 3 aliphatic rings. The molecule has 5 nitrogen and oxygen atoms in total. The van der Waals surface area contributed by atoms with Gasteiger partial charge in [-0.1, -0.05) is 30.3 Å². The van der Waals surface area contributed by atoms with E-state index in [1.165, 1.54) is 24.4 Å². The number of nitrogens with zero attached hydrogens (tertiary/aromatic N) is 1. The number of halogens is 1. The Labute approximate surface area is 177 Å². The molecular weight excluding hydrogens is 397 g/mol. The maximum Gasteiger partial charge on any atom is 0.341 e. The third-order valence-electron chi connectivity index (χ3n) is 6.62. The fourth-order valence-electron chi connectivity index (χ4n) is 5.28. The zero-order valence-corrected chi connectivity index (χ0v) is 16.5. The third-order valence-corrected chi connectivity index (χ3v) is 6.62. The minimum Gasteiger partial charge on any atom is -0.477 e. The number of ether oxygens (including phenoxy) is 1. The monoisotopic (exact) mass is 415 g/mol. The Hall–Kier alpha value is -3.51. The number of carbonyl (C=O) groups is 1. The number of pyridine rings is 1. The molecule has 0 radical (unpaired) electrons. The van der Waals surface area contributed by atoms with E-state index in [2.05, 4.69) is 6.07 Å². The van der Waals surface area contributed by atoms with Crippen molar-refractivity contribution in [2.24, 2.45) is 0 Å². The first kappa shape index (κ1) is 18.3. The van der Waals surface area contributed by atoms with Crippen molar-refractivity contribution >= 4 is 17.1 Å². The molecule has 31 heavy (non-hydrogen) atoms. The topological polar surface area (TPSA) is 68.5 Å². The summed E-state index contributed by atoms with van der Waals surface area (Å²) in [7, 11) is 0. The molecule has 1 aromatic heterocycles. The van der Waals surface area contributed by atoms with Crippen LogP contribution >= 0.6 is 0 Å². The third kappa shape index (κ3) is 2.58. The molecule has 2 atom stereocenters. The number of aromatic nitrogens is 1. The van der Waals surface area contributed by atoms with Gasteiger partial charge in [0.2, 0.25) is 0 Å². The van der Waals surface area contributed by atoms with Gasteiger partial charge in [0, 0.05) is 31.0 Å². The first-order valence-electron chi connectivity index (χ1n) is 10.3. The summed E-state index contributed by atoms with van der Waals surface area (Å²) in [6.07, 6.45) is 2.65. The van der Waals surface area contributed by atoms with Gasteiger partial charge in [0.25, 0.3) is 0 Å². The van der Waals surface area contributed by atoms with Crippen molar-refractivity contribution in [1.82, 2.24) is 4.57 Å². The number of benzene rings is 2. The molecule has 1 N–H and O–H groups in total. The number of hydrogen-bond donors (Lipinski definition) is 1. The lowest BCUT2D eigenvalue weighted by Crippen LogP contribution is -2.31. The highest BCUT2D eigenvalue weighted by Gasteiger charge is 2.43. The molecule has 1 fully saturated rings. The first-order valence-corrected chi connectivity index (χ1v) is 10.3. The standard InChI is InChI=1S/C25H18FNO4/c26-14-6-4-13(5-7-14)15-2-1-3-16-17(15)10-18-21-11-22(28)19(25(29)30)12-27(21)20-8-9-31-24(20)23(16)18/h1-7,11-12,20,24H,8-10H2,(H,29,30)/t20-,24+/m1/s1. The van der Waals surface area contributed by atoms with Crippen LogP contribution in [-0.2, 0) is 11.2 Å². The minimum absolute atomic E-state index is 0.0483. The molecule has 0 unspecified atom stereocenters. The smallest absolute Gasteiger partial charge is 0.341 e. The Morgan fingerprint density at radius 2 is 1.90 bits per heavy atom. The van der Waals surface area contributed by atoms with Crippen LogP contribution in [0.5, 0.6) is 0 Å². The van der Waals surface area contributed by atoms with E-state index in [4.69, 9.17) is 4.74 Å². The fourth-order valence-corrected chi connectivity index (χ4v) is 5.28. The molecular formula is C25H18FNO4. The fraction of sp³-hybridized carbons (Fsp3) is 0.200. The molecule has 0 amide bonds. The second-order valence-electron chi connectivity index (χ2n) is 8.20. The molecule has 6 rings (SSSR count). The van der Waals surface area contributed by atoms with Crippen molar-refractivity contribution in [2.45, 2.75) is 25.0 Å². The van der Waals surface area contributed by atoms with Crippen LogP contribution in [0.3, 0.4) is 0 Å². The Morgan fingerprint density at radius 3 is 2.68 bits per heavy atom. The molecule has 3 aromatic rings. The van der Waals surface area contributed by atoms with Gasteiger partial charge in [0.1, 0.15) is 17.5 Å². The van der Waals surface area contributed by atoms with Crippen molar-refractivity contribution in [3.63, 3.8) is 0 Å². The summed E-state index contributed by atoms with van der Waals surface area (Å²) in [5, 5.41) is 9.44. The molecule has 6 heteroatoms. The van der Waals surface area contributed by atoms with Crippen LogP contribution < -0.4 is 5.43 Å². The predicted molar refractivity (Wildman–Crippen MR) is 113 cm³/mol. The van der Waals surface area contributed by atoms with Crippen LogP contribution in [0.15, 0.2) is 59.5 Å². The summed E-state index contributed by atoms with van der Waals surface area (Å²) in [5.41, 5.74) is 6.31. The zero-order chi connectivity index (χ0) is 21.3. The Balaban J connectivity index is 1.56. The SMILES string of the molecule is O=C(O)c1cn2c(cc1=O)C1=C(c3cccc(-c4ccc(F)cc4)c3C1)[C@H]1OCC[C@H]12. The lowest BCUT2D eigenvalue weighted by atomic mass is 9.89. The van der Waals surface area contributed by atoms with Crippen LogP contribution in [0.2, 0.25) is 0 Å². The van der Waals surface area contributed by atoms with Crippen LogP contribution in [0, 0.1) is 5.82 Å². The van der Waals surface area contributed by atoms with E-state index in [-0.39, 0.29) is 23.5 Å². The molecule has 0 spiro atoms. The normalized spacial score (nSPS) is 20.8. The van der Waals surface area contributed by atoms with Crippen molar-refractivity contribution in [1.29, 1.82) is 0 Å². The largest absolute Gasteiger partial charge is 0.477 e. The molecule has 2 aromatic carbocycles. The van der Waals surface area contributed by atoms with Gasteiger partial charge in [-0.25, -0.2) is 9.18 Å². The number of rotatable bonds is 2. The first-order chi connectivity index (χ1) is 15.0. The van der Waals surface area contributed by atoms with Crippen molar-refractivity contribution in [2.75, 3.05) is 6.61 Å². The van der Waals surface area contributed by atoms with Crippen molar-refractivity contribution in [3.05, 3.63) is 93.2 Å². The highest BCUT2D eigenvalue weighted by molar-refractivity contribution is 6.02. The van der Waals surface area contributed by atoms with Gasteiger partial charge in [0.05, 0.1) is 6.04 Å². The number of carboxylic acids is 1. The average Bonchev–Trinajstić information content (AvgIpc) is 3.38. The number of aromatic carboxylic acids is 1. The van der Waals surface area contributed by atoms with E-state index >= 15 is 0 Å². The number of hydrogen-bond acceptors (Lipinski definition) is 3. The molecule has 3 heterocycles. The van der Waals surface area contributed by atoms with Crippen molar-refractivity contribution < 1.29 is 19.0 Å². The molecule has 0 bridgehead atoms. The summed E-state index contributed by atoms with van der Waals surface area (Å²) >= 11 is 0. The quantitative estimate of drug-likeness (QED) is 0.682. The highest BCUT2D eigenvalue weighted by Crippen LogP contribution is 2.51. The predicted octanol–water partition coefficient (Wildman–Crippen LogP) is 4.16. The molecule has 1 saturated heterocycles. The maximum atomic E-state index is 13.5. The lowest BCUT2D eigenvalue weighted by molar-refractivity contribution is 0.0693. The van der Waals surface area contributed by atoms with Gasteiger partial charge >= 0.3 is 5.97 Å². The number of fused-ring (bicyclic) bond motifs is 7. The van der Waals surface area contributed by atoms with E-state index < -0.39 is 11.4 Å². The zero-order valence-electron chi connectivity index (χ0n) is 16.5. The summed E-state index contributed by atoms with van der Waals surface area (Å²) in [5.74, 6) is -1.50. The maximum absolute atomic E-state index is 13.5. The van der Waals surface area contributed by atoms with Crippen LogP contribution in [-0.4, -0.2) is 28.4 Å². The summed E-state index contributed by atoms with van der Waals surface area (Å²) in [6, 6.07) is 14.0. The Kier molecular flexibility index (Phi) is 3.83. The van der Waals surface area contributed by atoms with E-state index in [0.717, 1.165) is 45.5 Å². The van der Waals surface area contributed by atoms with Gasteiger partial charge in [-0.15, -0.1) is 0 Å². The van der Waals surface area contributed by atoms with Gasteiger partial charge in [-0.3, -0.25) is 4.79 Å². The van der Waals surface area contributed by atoms with E-state index in [9.17, 15) is 19.1 Å². The van der Waals surface area contributed by atoms with Crippen LogP contribution in [0.25, 0.3) is 22.3 Å². The van der Waals surface area contributed by atoms with Crippen molar-refractivity contribution in [3.8, 4) is 11.1 Å². The lowest BCUT2D eigenvalue weighted by Gasteiger charge is -2.32. The van der Waals surface area contributed by atoms with Gasteiger partial charge in [-0.2, -0.15) is 0 Å². The van der Waals surface area contributed by atoms with E-state index in [0.29, 0.717) is 13.0 Å². The van der Waals surface area contributed by atoms with Gasteiger partial charge in [0.15, 0.2) is 5.43 Å². The van der Waals surface area contributed by atoms with E-state index in [1.807, 2.05) is 16.7 Å². The van der Waals surface area contributed by atoms with Gasteiger partial charge in [-0.05, 0) is 52.0 Å². The summed E-state index contributed by atoms with van der Waals surface area (Å²) in [6.45, 7) is 0.576. The summed E-state index contributed by atoms with van der Waals surface area (Å²) < 4.78 is 21.5. The summed E-state index contributed by atoms with van der Waals surface area (Å²) in [4.78, 5) is 24.1. The molecule has 2 aliphatic heterocycles. The van der Waals surface area contributed by atoms with Gasteiger partial charge < -0.3 is 14.4 Å². The second-order valence-corrected chi connectivity index (χ2v) is 8.20. The number of carboxylic acid groups (broad SMARTS) is 1. The van der Waals surface area contributed by atoms with Crippen LogP contribution in [0.4, 0.5) is 4.39 Å². The minimum atomic E-state index is -1.22. The Morgan fingerprint density at radius 1 is 1.13 bits per heavy atom. The van der Waals surface area contributed by atoms with Crippen LogP contribution in [0.1, 0.15) is 39.6 Å². The molecule has 154 valence electrons.